The van der Waals surface area contributed by atoms with Gasteiger partial charge in [-0.05, 0) is 26.2 Å². The van der Waals surface area contributed by atoms with Gasteiger partial charge in [-0.15, -0.1) is 0 Å². The fraction of sp³-hybridized carbons (Fsp3) is 0.889. The molecule has 1 atom stereocenters. The fourth-order valence-electron chi connectivity index (χ4n) is 1.02. The normalized spacial score (nSPS) is 20.5. The third kappa shape index (κ3) is 2.21. The van der Waals surface area contributed by atoms with Crippen molar-refractivity contribution in [1.29, 1.82) is 0 Å². The molecule has 0 aromatic rings. The van der Waals surface area contributed by atoms with Crippen molar-refractivity contribution in [2.75, 3.05) is 0 Å². The first-order valence-electron chi connectivity index (χ1n) is 4.44. The molecule has 2 heteroatoms. The summed E-state index contributed by atoms with van der Waals surface area (Å²) >= 11 is 0. The van der Waals surface area contributed by atoms with Crippen LogP contribution in [-0.2, 0) is 9.53 Å². The first kappa shape index (κ1) is 8.57. The molecule has 0 unspecified atom stereocenters. The van der Waals surface area contributed by atoms with E-state index in [9.17, 15) is 4.79 Å². The number of rotatable bonds is 3. The minimum atomic E-state index is 0.0191. The average molecular weight is 156 g/mol. The average Bonchev–Trinajstić information content (AvgIpc) is 1.83. The summed E-state index contributed by atoms with van der Waals surface area (Å²) < 4.78 is 5.16. The second-order valence-electron chi connectivity index (χ2n) is 3.28. The molecule has 1 aliphatic carbocycles. The van der Waals surface area contributed by atoms with E-state index in [1.54, 1.807) is 0 Å². The Morgan fingerprint density at radius 2 is 2.27 bits per heavy atom. The largest absolute Gasteiger partial charge is 0.462 e. The van der Waals surface area contributed by atoms with E-state index in [-0.39, 0.29) is 18.0 Å². The number of carbonyl (C=O) groups is 1. The van der Waals surface area contributed by atoms with Crippen molar-refractivity contribution in [2.45, 2.75) is 45.6 Å². The molecule has 1 aliphatic rings. The van der Waals surface area contributed by atoms with E-state index in [2.05, 4.69) is 0 Å². The summed E-state index contributed by atoms with van der Waals surface area (Å²) in [4.78, 5) is 11.2. The summed E-state index contributed by atoms with van der Waals surface area (Å²) in [6.07, 6.45) is 4.28. The summed E-state index contributed by atoms with van der Waals surface area (Å²) in [6, 6.07) is 0. The third-order valence-electron chi connectivity index (χ3n) is 2.33. The molecule has 0 saturated heterocycles. The van der Waals surface area contributed by atoms with Gasteiger partial charge in [0.05, 0.1) is 12.0 Å². The maximum absolute atomic E-state index is 11.2. The van der Waals surface area contributed by atoms with Crippen LogP contribution in [0.2, 0.25) is 0 Å². The number of hydrogen-bond acceptors (Lipinski definition) is 2. The molecule has 0 aromatic heterocycles. The molecule has 0 aromatic carbocycles. The van der Waals surface area contributed by atoms with Crippen LogP contribution in [0, 0.1) is 5.92 Å². The Bertz CT molecular complexity index is 138. The highest BCUT2D eigenvalue weighted by atomic mass is 16.5. The van der Waals surface area contributed by atoms with Crippen molar-refractivity contribution in [2.24, 2.45) is 5.92 Å². The predicted octanol–water partition coefficient (Wildman–Crippen LogP) is 2.13. The van der Waals surface area contributed by atoms with Crippen molar-refractivity contribution in [3.05, 3.63) is 0 Å². The fourth-order valence-corrected chi connectivity index (χ4v) is 1.02. The monoisotopic (exact) mass is 156 g/mol. The number of esters is 1. The van der Waals surface area contributed by atoms with Crippen LogP contribution >= 0.6 is 0 Å². The van der Waals surface area contributed by atoms with Gasteiger partial charge in [0.1, 0.15) is 0 Å². The van der Waals surface area contributed by atoms with E-state index in [4.69, 9.17) is 4.74 Å². The molecular weight excluding hydrogens is 140 g/mol. The van der Waals surface area contributed by atoms with Gasteiger partial charge in [0, 0.05) is 0 Å². The zero-order valence-electron chi connectivity index (χ0n) is 7.30. The lowest BCUT2D eigenvalue weighted by atomic mass is 9.86. The second-order valence-corrected chi connectivity index (χ2v) is 3.28. The van der Waals surface area contributed by atoms with Crippen LogP contribution in [0.1, 0.15) is 39.5 Å². The lowest BCUT2D eigenvalue weighted by Crippen LogP contribution is -2.27. The molecule has 0 radical (unpaired) electrons. The van der Waals surface area contributed by atoms with Gasteiger partial charge in [-0.3, -0.25) is 4.79 Å². The molecule has 0 heterocycles. The molecule has 1 saturated carbocycles. The molecular formula is C9H16O2. The van der Waals surface area contributed by atoms with Crippen molar-refractivity contribution < 1.29 is 9.53 Å². The van der Waals surface area contributed by atoms with Gasteiger partial charge < -0.3 is 4.74 Å². The lowest BCUT2D eigenvalue weighted by Gasteiger charge is -2.24. The van der Waals surface area contributed by atoms with Crippen LogP contribution in [0.3, 0.4) is 0 Å². The van der Waals surface area contributed by atoms with Gasteiger partial charge in [-0.1, -0.05) is 13.3 Å². The van der Waals surface area contributed by atoms with Crippen LogP contribution in [-0.4, -0.2) is 12.1 Å². The Labute approximate surface area is 67.9 Å². The Kier molecular flexibility index (Phi) is 2.92. The van der Waals surface area contributed by atoms with Gasteiger partial charge in [-0.25, -0.2) is 0 Å². The van der Waals surface area contributed by atoms with Gasteiger partial charge in [0.2, 0.25) is 0 Å². The summed E-state index contributed by atoms with van der Waals surface area (Å²) in [5.41, 5.74) is 0. The zero-order valence-corrected chi connectivity index (χ0v) is 7.30. The Morgan fingerprint density at radius 1 is 1.64 bits per heavy atom. The molecule has 2 nitrogen and oxygen atoms in total. The molecule has 1 rings (SSSR count). The highest BCUT2D eigenvalue weighted by Crippen LogP contribution is 2.27. The van der Waals surface area contributed by atoms with Crippen molar-refractivity contribution in [3.8, 4) is 0 Å². The van der Waals surface area contributed by atoms with E-state index in [0.717, 1.165) is 19.3 Å². The van der Waals surface area contributed by atoms with E-state index >= 15 is 0 Å². The van der Waals surface area contributed by atoms with Crippen molar-refractivity contribution in [3.63, 3.8) is 0 Å². The van der Waals surface area contributed by atoms with Crippen LogP contribution in [0.15, 0.2) is 0 Å². The Hall–Kier alpha value is -0.530. The molecule has 0 aliphatic heterocycles. The van der Waals surface area contributed by atoms with Crippen molar-refractivity contribution in [1.82, 2.24) is 0 Å². The Morgan fingerprint density at radius 3 is 2.64 bits per heavy atom. The Balaban J connectivity index is 2.19. The van der Waals surface area contributed by atoms with Gasteiger partial charge in [0.15, 0.2) is 0 Å². The molecule has 0 amide bonds. The molecule has 64 valence electrons. The lowest BCUT2D eigenvalue weighted by molar-refractivity contribution is -0.156. The van der Waals surface area contributed by atoms with E-state index in [1.165, 1.54) is 6.42 Å². The number of carbonyl (C=O) groups excluding carboxylic acids is 1. The quantitative estimate of drug-likeness (QED) is 0.585. The number of ether oxygens (including phenoxy) is 1. The van der Waals surface area contributed by atoms with Crippen LogP contribution in [0.5, 0.6) is 0 Å². The first-order valence-corrected chi connectivity index (χ1v) is 4.44. The molecule has 0 N–H and O–H groups in total. The zero-order chi connectivity index (χ0) is 8.27. The smallest absolute Gasteiger partial charge is 0.309 e. The summed E-state index contributed by atoms with van der Waals surface area (Å²) in [5, 5.41) is 0. The van der Waals surface area contributed by atoms with Gasteiger partial charge in [0.25, 0.3) is 0 Å². The van der Waals surface area contributed by atoms with Crippen LogP contribution in [0.25, 0.3) is 0 Å². The molecule has 0 bridgehead atoms. The van der Waals surface area contributed by atoms with E-state index in [1.807, 2.05) is 13.8 Å². The van der Waals surface area contributed by atoms with E-state index < -0.39 is 0 Å². The third-order valence-corrected chi connectivity index (χ3v) is 2.33. The minimum absolute atomic E-state index is 0.0191. The predicted molar refractivity (Wildman–Crippen MR) is 43.2 cm³/mol. The molecule has 0 spiro atoms. The topological polar surface area (TPSA) is 26.3 Å². The van der Waals surface area contributed by atoms with Crippen molar-refractivity contribution >= 4 is 5.97 Å². The standard InChI is InChI=1S/C9H16O2/c1-3-7(2)11-9(10)8-5-4-6-8/h7-8H,3-6H2,1-2H3/t7-/m1/s1. The SMILES string of the molecule is CC[C@@H](C)OC(=O)C1CCC1. The maximum Gasteiger partial charge on any atom is 0.309 e. The minimum Gasteiger partial charge on any atom is -0.462 e. The highest BCUT2D eigenvalue weighted by Gasteiger charge is 2.27. The van der Waals surface area contributed by atoms with Crippen LogP contribution < -0.4 is 0 Å². The number of hydrogen-bond donors (Lipinski definition) is 0. The maximum atomic E-state index is 11.2. The molecule has 1 fully saturated rings. The molecule has 11 heavy (non-hydrogen) atoms. The highest BCUT2D eigenvalue weighted by molar-refractivity contribution is 5.73. The summed E-state index contributed by atoms with van der Waals surface area (Å²) in [5.74, 6) is 0.245. The van der Waals surface area contributed by atoms with Gasteiger partial charge in [-0.2, -0.15) is 0 Å². The second kappa shape index (κ2) is 3.74. The van der Waals surface area contributed by atoms with E-state index in [0.29, 0.717) is 0 Å². The first-order chi connectivity index (χ1) is 5.24. The summed E-state index contributed by atoms with van der Waals surface area (Å²) in [6.45, 7) is 3.97. The van der Waals surface area contributed by atoms with Gasteiger partial charge >= 0.3 is 5.97 Å². The van der Waals surface area contributed by atoms with Crippen LogP contribution in [0.4, 0.5) is 0 Å². The summed E-state index contributed by atoms with van der Waals surface area (Å²) in [7, 11) is 0.